The van der Waals surface area contributed by atoms with Crippen molar-refractivity contribution in [3.8, 4) is 11.5 Å². The zero-order valence-corrected chi connectivity index (χ0v) is 16.1. The van der Waals surface area contributed by atoms with E-state index in [0.29, 0.717) is 16.7 Å². The molecule has 4 heteroatoms. The zero-order valence-electron chi connectivity index (χ0n) is 12.9. The Bertz CT molecular complexity index is 509. The van der Waals surface area contributed by atoms with Crippen LogP contribution in [0, 0.1) is 16.7 Å². The number of hydrogen-bond acceptors (Lipinski definition) is 2. The molecule has 1 aromatic carbocycles. The van der Waals surface area contributed by atoms with Gasteiger partial charge in [0.1, 0.15) is 11.5 Å². The zero-order chi connectivity index (χ0) is 15.3. The molecule has 0 N–H and O–H groups in total. The lowest BCUT2D eigenvalue weighted by Crippen LogP contribution is -2.03. The molecule has 1 fully saturated rings. The lowest BCUT2D eigenvalue weighted by Gasteiger charge is -2.18. The average molecular weight is 406 g/mol. The summed E-state index contributed by atoms with van der Waals surface area (Å²) < 4.78 is 11.9. The van der Waals surface area contributed by atoms with Gasteiger partial charge in [-0.25, -0.2) is 0 Å². The van der Waals surface area contributed by atoms with Crippen molar-refractivity contribution in [2.24, 2.45) is 16.7 Å². The summed E-state index contributed by atoms with van der Waals surface area (Å²) in [6.45, 7) is 9.31. The molecule has 1 aliphatic carbocycles. The van der Waals surface area contributed by atoms with E-state index in [-0.39, 0.29) is 4.83 Å². The van der Waals surface area contributed by atoms with E-state index in [0.717, 1.165) is 21.5 Å². The topological polar surface area (TPSA) is 18.5 Å². The number of rotatable bonds is 4. The van der Waals surface area contributed by atoms with Gasteiger partial charge >= 0.3 is 0 Å². The third-order valence-electron chi connectivity index (χ3n) is 5.23. The van der Waals surface area contributed by atoms with Gasteiger partial charge in [-0.1, -0.05) is 43.6 Å². The van der Waals surface area contributed by atoms with Crippen LogP contribution in [0.1, 0.15) is 38.1 Å². The second kappa shape index (κ2) is 5.20. The Hall–Kier alpha value is -0.220. The standard InChI is InChI=1S/C16H22Br2O2/c1-15(2)14(16(15,3)4)13(18)9-7-12(20-6)10(17)8-11(9)19-5/h7-8,13-14H,1-6H3. The number of methoxy groups -OCH3 is 2. The summed E-state index contributed by atoms with van der Waals surface area (Å²) >= 11 is 7.40. The number of ether oxygens (including phenoxy) is 2. The molecule has 112 valence electrons. The van der Waals surface area contributed by atoms with Crippen molar-refractivity contribution < 1.29 is 9.47 Å². The van der Waals surface area contributed by atoms with Crippen LogP contribution in [0.2, 0.25) is 0 Å². The molecular formula is C16H22Br2O2. The van der Waals surface area contributed by atoms with Gasteiger partial charge in [-0.2, -0.15) is 0 Å². The fourth-order valence-corrected chi connectivity index (χ4v) is 5.42. The van der Waals surface area contributed by atoms with Crippen LogP contribution < -0.4 is 9.47 Å². The molecule has 0 saturated heterocycles. The van der Waals surface area contributed by atoms with Gasteiger partial charge in [-0.15, -0.1) is 0 Å². The molecule has 2 rings (SSSR count). The molecule has 1 unspecified atom stereocenters. The fourth-order valence-electron chi connectivity index (χ4n) is 3.26. The molecule has 0 aliphatic heterocycles. The Balaban J connectivity index is 2.43. The average Bonchev–Trinajstić information content (AvgIpc) is 2.78. The molecule has 0 aromatic heterocycles. The first-order valence-electron chi connectivity index (χ1n) is 6.74. The predicted molar refractivity (Wildman–Crippen MR) is 90.0 cm³/mol. The Morgan fingerprint density at radius 1 is 1.00 bits per heavy atom. The number of hydrogen-bond donors (Lipinski definition) is 0. The fraction of sp³-hybridized carbons (Fsp3) is 0.625. The van der Waals surface area contributed by atoms with E-state index >= 15 is 0 Å². The molecule has 0 amide bonds. The van der Waals surface area contributed by atoms with Crippen LogP contribution in [-0.4, -0.2) is 14.2 Å². The van der Waals surface area contributed by atoms with Crippen LogP contribution in [0.3, 0.4) is 0 Å². The third-order valence-corrected chi connectivity index (χ3v) is 6.87. The summed E-state index contributed by atoms with van der Waals surface area (Å²) in [6.07, 6.45) is 0. The minimum Gasteiger partial charge on any atom is -0.496 e. The highest BCUT2D eigenvalue weighted by molar-refractivity contribution is 9.10. The van der Waals surface area contributed by atoms with E-state index in [4.69, 9.17) is 9.47 Å². The first kappa shape index (κ1) is 16.2. The van der Waals surface area contributed by atoms with Crippen molar-refractivity contribution in [1.29, 1.82) is 0 Å². The minimum atomic E-state index is 0.254. The van der Waals surface area contributed by atoms with Crippen LogP contribution in [0.15, 0.2) is 16.6 Å². The molecule has 0 radical (unpaired) electrons. The van der Waals surface area contributed by atoms with Crippen molar-refractivity contribution in [3.63, 3.8) is 0 Å². The van der Waals surface area contributed by atoms with E-state index < -0.39 is 0 Å². The Labute approximate surface area is 138 Å². The lowest BCUT2D eigenvalue weighted by molar-refractivity contribution is 0.394. The maximum atomic E-state index is 5.55. The second-order valence-electron chi connectivity index (χ2n) is 6.55. The van der Waals surface area contributed by atoms with Gasteiger partial charge in [0.05, 0.1) is 18.7 Å². The van der Waals surface area contributed by atoms with Crippen LogP contribution in [0.5, 0.6) is 11.5 Å². The molecule has 1 aliphatic rings. The number of benzene rings is 1. The smallest absolute Gasteiger partial charge is 0.133 e. The predicted octanol–water partition coefficient (Wildman–Crippen LogP) is 5.58. The number of halogens is 2. The van der Waals surface area contributed by atoms with Crippen LogP contribution in [0.4, 0.5) is 0 Å². The van der Waals surface area contributed by atoms with Crippen molar-refractivity contribution in [2.75, 3.05) is 14.2 Å². The maximum Gasteiger partial charge on any atom is 0.133 e. The van der Waals surface area contributed by atoms with E-state index in [1.807, 2.05) is 6.07 Å². The normalized spacial score (nSPS) is 21.4. The molecule has 1 saturated carbocycles. The summed E-state index contributed by atoms with van der Waals surface area (Å²) in [5.41, 5.74) is 1.77. The quantitative estimate of drug-likeness (QED) is 0.608. The highest BCUT2D eigenvalue weighted by Gasteiger charge is 2.67. The van der Waals surface area contributed by atoms with Crippen molar-refractivity contribution in [2.45, 2.75) is 32.5 Å². The third kappa shape index (κ3) is 2.29. The second-order valence-corrected chi connectivity index (χ2v) is 8.39. The molecule has 20 heavy (non-hydrogen) atoms. The monoisotopic (exact) mass is 404 g/mol. The number of alkyl halides is 1. The van der Waals surface area contributed by atoms with Gasteiger partial charge in [0.15, 0.2) is 0 Å². The summed E-state index contributed by atoms with van der Waals surface area (Å²) in [7, 11) is 3.39. The van der Waals surface area contributed by atoms with Gasteiger partial charge in [-0.05, 0) is 44.8 Å². The maximum absolute atomic E-state index is 5.55. The molecule has 1 atom stereocenters. The summed E-state index contributed by atoms with van der Waals surface area (Å²) in [5, 5.41) is 0. The molecule has 0 heterocycles. The summed E-state index contributed by atoms with van der Waals surface area (Å²) in [6, 6.07) is 4.04. The van der Waals surface area contributed by atoms with Crippen LogP contribution in [0.25, 0.3) is 0 Å². The Morgan fingerprint density at radius 3 is 1.90 bits per heavy atom. The summed E-state index contributed by atoms with van der Waals surface area (Å²) in [5.74, 6) is 2.29. The molecule has 0 spiro atoms. The van der Waals surface area contributed by atoms with Crippen molar-refractivity contribution >= 4 is 31.9 Å². The largest absolute Gasteiger partial charge is 0.496 e. The highest BCUT2D eigenvalue weighted by Crippen LogP contribution is 2.74. The molecular weight excluding hydrogens is 384 g/mol. The Kier molecular flexibility index (Phi) is 4.20. The van der Waals surface area contributed by atoms with Crippen molar-refractivity contribution in [3.05, 3.63) is 22.2 Å². The lowest BCUT2D eigenvalue weighted by atomic mass is 10.0. The van der Waals surface area contributed by atoms with Crippen molar-refractivity contribution in [1.82, 2.24) is 0 Å². The van der Waals surface area contributed by atoms with Gasteiger partial charge in [0.25, 0.3) is 0 Å². The first-order valence-corrected chi connectivity index (χ1v) is 8.44. The highest BCUT2D eigenvalue weighted by atomic mass is 79.9. The van der Waals surface area contributed by atoms with Gasteiger partial charge in [0.2, 0.25) is 0 Å². The SMILES string of the molecule is COc1cc(C(Br)C2C(C)(C)C2(C)C)c(OC)cc1Br. The minimum absolute atomic E-state index is 0.254. The van der Waals surface area contributed by atoms with E-state index in [2.05, 4.69) is 65.6 Å². The van der Waals surface area contributed by atoms with Gasteiger partial charge in [0, 0.05) is 10.4 Å². The van der Waals surface area contributed by atoms with Gasteiger partial charge < -0.3 is 9.47 Å². The van der Waals surface area contributed by atoms with Gasteiger partial charge in [-0.3, -0.25) is 0 Å². The van der Waals surface area contributed by atoms with Crippen LogP contribution >= 0.6 is 31.9 Å². The first-order chi connectivity index (χ1) is 9.18. The van der Waals surface area contributed by atoms with E-state index in [1.54, 1.807) is 14.2 Å². The Morgan fingerprint density at radius 2 is 1.50 bits per heavy atom. The van der Waals surface area contributed by atoms with E-state index in [9.17, 15) is 0 Å². The van der Waals surface area contributed by atoms with Crippen LogP contribution in [-0.2, 0) is 0 Å². The summed E-state index contributed by atoms with van der Waals surface area (Å²) in [4.78, 5) is 0.254. The molecule has 0 bridgehead atoms. The molecule has 1 aromatic rings. The van der Waals surface area contributed by atoms with E-state index in [1.165, 1.54) is 0 Å². The molecule has 2 nitrogen and oxygen atoms in total.